The molecule has 2 aromatic carbocycles. The first-order valence-corrected chi connectivity index (χ1v) is 9.05. The third-order valence-electron chi connectivity index (χ3n) is 3.84. The van der Waals surface area contributed by atoms with Crippen molar-refractivity contribution < 1.29 is 14.4 Å². The number of benzene rings is 2. The van der Waals surface area contributed by atoms with Gasteiger partial charge in [-0.1, -0.05) is 30.3 Å². The number of hydrogen-bond donors (Lipinski definition) is 1. The molecule has 1 aliphatic rings. The Kier molecular flexibility index (Phi) is 5.50. The van der Waals surface area contributed by atoms with E-state index in [9.17, 15) is 14.4 Å². The highest BCUT2D eigenvalue weighted by molar-refractivity contribution is 7.99. The number of nitrogens with one attached hydrogen (secondary N) is 1. The molecule has 25 heavy (non-hydrogen) atoms. The minimum Gasteiger partial charge on any atom is -0.355 e. The van der Waals surface area contributed by atoms with Crippen molar-refractivity contribution >= 4 is 29.5 Å². The molecular weight excluding hydrogens is 336 g/mol. The van der Waals surface area contributed by atoms with Gasteiger partial charge in [-0.15, -0.1) is 11.8 Å². The van der Waals surface area contributed by atoms with E-state index in [2.05, 4.69) is 5.32 Å². The molecule has 0 bridgehead atoms. The van der Waals surface area contributed by atoms with Gasteiger partial charge in [-0.2, -0.15) is 0 Å². The predicted molar refractivity (Wildman–Crippen MR) is 96.6 cm³/mol. The lowest BCUT2D eigenvalue weighted by Crippen LogP contribution is -2.40. The molecule has 5 nitrogen and oxygen atoms in total. The largest absolute Gasteiger partial charge is 0.355 e. The molecule has 0 aliphatic carbocycles. The second-order valence-electron chi connectivity index (χ2n) is 5.61. The van der Waals surface area contributed by atoms with Crippen LogP contribution < -0.4 is 5.32 Å². The molecule has 0 unspecified atom stereocenters. The van der Waals surface area contributed by atoms with Gasteiger partial charge in [0.1, 0.15) is 6.54 Å². The molecule has 1 N–H and O–H groups in total. The highest BCUT2D eigenvalue weighted by Crippen LogP contribution is 2.22. The third kappa shape index (κ3) is 4.09. The number of amides is 3. The Morgan fingerprint density at radius 3 is 2.16 bits per heavy atom. The number of thioether (sulfide) groups is 1. The average molecular weight is 354 g/mol. The van der Waals surface area contributed by atoms with E-state index in [4.69, 9.17) is 0 Å². The molecule has 0 atom stereocenters. The monoisotopic (exact) mass is 354 g/mol. The summed E-state index contributed by atoms with van der Waals surface area (Å²) >= 11 is 1.73. The van der Waals surface area contributed by atoms with E-state index in [-0.39, 0.29) is 12.5 Å². The quantitative estimate of drug-likeness (QED) is 0.471. The highest BCUT2D eigenvalue weighted by atomic mass is 32.2. The van der Waals surface area contributed by atoms with Crippen molar-refractivity contribution in [3.8, 4) is 0 Å². The first-order chi connectivity index (χ1) is 12.2. The molecule has 0 fully saturated rings. The maximum absolute atomic E-state index is 12.2. The maximum atomic E-state index is 12.2. The van der Waals surface area contributed by atoms with Crippen LogP contribution in [0.5, 0.6) is 0 Å². The number of carbonyl (C=O) groups is 3. The molecule has 0 spiro atoms. The van der Waals surface area contributed by atoms with Gasteiger partial charge in [-0.05, 0) is 36.4 Å². The topological polar surface area (TPSA) is 66.5 Å². The molecule has 0 aromatic heterocycles. The number of hydrogen-bond acceptors (Lipinski definition) is 4. The summed E-state index contributed by atoms with van der Waals surface area (Å²) in [6.07, 6.45) is 0.813. The lowest BCUT2D eigenvalue weighted by atomic mass is 10.1. The van der Waals surface area contributed by atoms with Crippen molar-refractivity contribution in [3.05, 3.63) is 65.7 Å². The van der Waals surface area contributed by atoms with Crippen LogP contribution in [-0.2, 0) is 4.79 Å². The number of imide groups is 1. The molecule has 6 heteroatoms. The molecular formula is C19H18N2O3S. The number of nitrogens with zero attached hydrogens (tertiary/aromatic N) is 1. The number of rotatable bonds is 7. The van der Waals surface area contributed by atoms with Gasteiger partial charge in [0.15, 0.2) is 0 Å². The Labute approximate surface area is 150 Å². The fourth-order valence-corrected chi connectivity index (χ4v) is 3.46. The third-order valence-corrected chi connectivity index (χ3v) is 4.93. The Hall–Kier alpha value is -2.60. The van der Waals surface area contributed by atoms with Gasteiger partial charge < -0.3 is 5.32 Å². The Morgan fingerprint density at radius 2 is 1.52 bits per heavy atom. The highest BCUT2D eigenvalue weighted by Gasteiger charge is 2.36. The molecule has 0 radical (unpaired) electrons. The smallest absolute Gasteiger partial charge is 0.262 e. The molecule has 3 amide bonds. The van der Waals surface area contributed by atoms with E-state index < -0.39 is 11.8 Å². The summed E-state index contributed by atoms with van der Waals surface area (Å²) in [5.41, 5.74) is 0.721. The van der Waals surface area contributed by atoms with Crippen LogP contribution in [0.25, 0.3) is 0 Å². The lowest BCUT2D eigenvalue weighted by molar-refractivity contribution is -0.121. The van der Waals surface area contributed by atoms with Gasteiger partial charge in [0.2, 0.25) is 5.91 Å². The van der Waals surface area contributed by atoms with Crippen molar-refractivity contribution in [1.29, 1.82) is 0 Å². The summed E-state index contributed by atoms with van der Waals surface area (Å²) in [5.74, 6) is -0.248. The summed E-state index contributed by atoms with van der Waals surface area (Å²) in [6, 6.07) is 16.7. The van der Waals surface area contributed by atoms with Gasteiger partial charge in [-0.3, -0.25) is 19.3 Å². The van der Waals surface area contributed by atoms with Crippen LogP contribution >= 0.6 is 11.8 Å². The molecule has 3 rings (SSSR count). The van der Waals surface area contributed by atoms with Crippen LogP contribution in [0, 0.1) is 0 Å². The molecule has 1 aliphatic heterocycles. The summed E-state index contributed by atoms with van der Waals surface area (Å²) in [5, 5.41) is 2.77. The number of carbonyl (C=O) groups excluding carboxylic acids is 3. The van der Waals surface area contributed by atoms with E-state index >= 15 is 0 Å². The Bertz CT molecular complexity index is 757. The minimum absolute atomic E-state index is 0.238. The van der Waals surface area contributed by atoms with Crippen molar-refractivity contribution in [1.82, 2.24) is 10.2 Å². The van der Waals surface area contributed by atoms with Crippen LogP contribution in [0.2, 0.25) is 0 Å². The van der Waals surface area contributed by atoms with Crippen molar-refractivity contribution in [2.24, 2.45) is 0 Å². The lowest BCUT2D eigenvalue weighted by Gasteiger charge is -2.13. The summed E-state index contributed by atoms with van der Waals surface area (Å²) in [6.45, 7) is 0.278. The number of fused-ring (bicyclic) bond motifs is 1. The summed E-state index contributed by atoms with van der Waals surface area (Å²) in [4.78, 5) is 38.6. The molecule has 128 valence electrons. The maximum Gasteiger partial charge on any atom is 0.262 e. The van der Waals surface area contributed by atoms with E-state index in [1.807, 2.05) is 30.3 Å². The first kappa shape index (κ1) is 17.2. The van der Waals surface area contributed by atoms with Gasteiger partial charge in [0, 0.05) is 11.4 Å². The fraction of sp³-hybridized carbons (Fsp3) is 0.211. The minimum atomic E-state index is -0.407. The van der Waals surface area contributed by atoms with Crippen molar-refractivity contribution in [3.63, 3.8) is 0 Å². The zero-order valence-corrected chi connectivity index (χ0v) is 14.4. The summed E-state index contributed by atoms with van der Waals surface area (Å²) in [7, 11) is 0. The molecule has 1 heterocycles. The Balaban J connectivity index is 1.41. The fourth-order valence-electron chi connectivity index (χ4n) is 2.59. The normalized spacial score (nSPS) is 13.0. The second-order valence-corrected chi connectivity index (χ2v) is 6.78. The zero-order chi connectivity index (χ0) is 17.6. The van der Waals surface area contributed by atoms with E-state index in [1.54, 1.807) is 36.0 Å². The van der Waals surface area contributed by atoms with Crippen molar-refractivity contribution in [2.45, 2.75) is 11.3 Å². The van der Waals surface area contributed by atoms with Gasteiger partial charge in [0.25, 0.3) is 11.8 Å². The molecule has 0 saturated carbocycles. The van der Waals surface area contributed by atoms with E-state index in [0.29, 0.717) is 17.7 Å². The second kappa shape index (κ2) is 7.98. The van der Waals surface area contributed by atoms with Gasteiger partial charge in [0.05, 0.1) is 11.1 Å². The SMILES string of the molecule is O=C(CN1C(=O)c2ccccc2C1=O)NCCCSc1ccccc1. The van der Waals surface area contributed by atoms with Crippen LogP contribution in [0.15, 0.2) is 59.5 Å². The zero-order valence-electron chi connectivity index (χ0n) is 13.6. The van der Waals surface area contributed by atoms with E-state index in [0.717, 1.165) is 17.1 Å². The predicted octanol–water partition coefficient (Wildman–Crippen LogP) is 2.58. The summed E-state index contributed by atoms with van der Waals surface area (Å²) < 4.78 is 0. The van der Waals surface area contributed by atoms with Crippen LogP contribution in [-0.4, -0.2) is 41.5 Å². The van der Waals surface area contributed by atoms with Gasteiger partial charge >= 0.3 is 0 Å². The van der Waals surface area contributed by atoms with Crippen LogP contribution in [0.4, 0.5) is 0 Å². The van der Waals surface area contributed by atoms with Crippen LogP contribution in [0.3, 0.4) is 0 Å². The first-order valence-electron chi connectivity index (χ1n) is 8.06. The average Bonchev–Trinajstić information content (AvgIpc) is 2.88. The van der Waals surface area contributed by atoms with Crippen LogP contribution in [0.1, 0.15) is 27.1 Å². The molecule has 2 aromatic rings. The van der Waals surface area contributed by atoms with E-state index in [1.165, 1.54) is 4.90 Å². The molecule has 0 saturated heterocycles. The van der Waals surface area contributed by atoms with Gasteiger partial charge in [-0.25, -0.2) is 0 Å². The Morgan fingerprint density at radius 1 is 0.920 bits per heavy atom. The standard InChI is InChI=1S/C19H18N2O3S/c22-17(20-11-6-12-25-14-7-2-1-3-8-14)13-21-18(23)15-9-4-5-10-16(15)19(21)24/h1-5,7-10H,6,11-13H2,(H,20,22). The van der Waals surface area contributed by atoms with Crippen molar-refractivity contribution in [2.75, 3.05) is 18.8 Å².